The van der Waals surface area contributed by atoms with Crippen molar-refractivity contribution in [3.63, 3.8) is 0 Å². The van der Waals surface area contributed by atoms with Gasteiger partial charge in [0.15, 0.2) is 0 Å². The molecule has 1 amide bonds. The molecule has 0 bridgehead atoms. The van der Waals surface area contributed by atoms with Crippen molar-refractivity contribution in [3.8, 4) is 5.69 Å². The normalized spacial score (nSPS) is 11.1. The fraction of sp³-hybridized carbons (Fsp3) is 0.158. The quantitative estimate of drug-likeness (QED) is 0.494. The largest absolute Gasteiger partial charge is 0.295 e. The van der Waals surface area contributed by atoms with Crippen LogP contribution >= 0.6 is 15.9 Å². The van der Waals surface area contributed by atoms with Crippen molar-refractivity contribution in [1.29, 1.82) is 0 Å². The van der Waals surface area contributed by atoms with E-state index in [0.717, 1.165) is 21.3 Å². The summed E-state index contributed by atoms with van der Waals surface area (Å²) in [6.45, 7) is 5.73. The van der Waals surface area contributed by atoms with Crippen LogP contribution in [0.5, 0.6) is 0 Å². The Labute approximate surface area is 164 Å². The third kappa shape index (κ3) is 3.75. The topological polar surface area (TPSA) is 92.1 Å². The van der Waals surface area contributed by atoms with Gasteiger partial charge in [-0.2, -0.15) is 5.10 Å². The van der Waals surface area contributed by atoms with Gasteiger partial charge in [-0.3, -0.25) is 19.7 Å². The second-order valence-corrected chi connectivity index (χ2v) is 6.90. The molecule has 27 heavy (non-hydrogen) atoms. The molecule has 0 spiro atoms. The fourth-order valence-corrected chi connectivity index (χ4v) is 3.04. The Hall–Kier alpha value is -3.00. The van der Waals surface area contributed by atoms with Gasteiger partial charge in [-0.15, -0.1) is 0 Å². The number of rotatable bonds is 4. The van der Waals surface area contributed by atoms with Crippen LogP contribution in [0.1, 0.15) is 32.7 Å². The lowest BCUT2D eigenvalue weighted by atomic mass is 10.1. The molecule has 0 aliphatic rings. The van der Waals surface area contributed by atoms with Crippen molar-refractivity contribution in [2.45, 2.75) is 20.8 Å². The SMILES string of the molecule is Cc1[nH]n(-c2ccc(Br)c(C)c2C)c(=O)c1/C=N/NC(=O)c1cccnc1. The highest BCUT2D eigenvalue weighted by Crippen LogP contribution is 2.24. The number of carbonyl (C=O) groups excluding carboxylic acids is 1. The number of pyridine rings is 1. The van der Waals surface area contributed by atoms with Crippen LogP contribution in [0.15, 0.2) is 51.0 Å². The number of halogens is 1. The van der Waals surface area contributed by atoms with Gasteiger partial charge in [0.2, 0.25) is 0 Å². The molecular formula is C19H18BrN5O2. The van der Waals surface area contributed by atoms with Crippen molar-refractivity contribution >= 4 is 28.1 Å². The summed E-state index contributed by atoms with van der Waals surface area (Å²) in [4.78, 5) is 28.7. The van der Waals surface area contributed by atoms with Crippen LogP contribution in [-0.4, -0.2) is 26.9 Å². The minimum Gasteiger partial charge on any atom is -0.295 e. The number of nitrogens with one attached hydrogen (secondary N) is 2. The van der Waals surface area contributed by atoms with E-state index in [0.29, 0.717) is 16.8 Å². The number of hydrazone groups is 1. The summed E-state index contributed by atoms with van der Waals surface area (Å²) >= 11 is 3.49. The van der Waals surface area contributed by atoms with E-state index < -0.39 is 5.91 Å². The molecule has 0 saturated heterocycles. The summed E-state index contributed by atoms with van der Waals surface area (Å²) in [5.74, 6) is -0.396. The summed E-state index contributed by atoms with van der Waals surface area (Å²) in [6, 6.07) is 7.07. The molecule has 0 aliphatic carbocycles. The molecule has 1 aromatic carbocycles. The summed E-state index contributed by atoms with van der Waals surface area (Å²) in [6.07, 6.45) is 4.37. The third-order valence-corrected chi connectivity index (χ3v) is 5.19. The van der Waals surface area contributed by atoms with Crippen LogP contribution in [0, 0.1) is 20.8 Å². The van der Waals surface area contributed by atoms with Crippen LogP contribution in [0.25, 0.3) is 5.69 Å². The van der Waals surface area contributed by atoms with Crippen molar-refractivity contribution in [2.75, 3.05) is 0 Å². The van der Waals surface area contributed by atoms with Gasteiger partial charge >= 0.3 is 0 Å². The number of amides is 1. The molecule has 2 aromatic heterocycles. The lowest BCUT2D eigenvalue weighted by molar-refractivity contribution is 0.0955. The summed E-state index contributed by atoms with van der Waals surface area (Å²) < 4.78 is 2.47. The molecule has 138 valence electrons. The highest BCUT2D eigenvalue weighted by molar-refractivity contribution is 9.10. The van der Waals surface area contributed by atoms with Gasteiger partial charge in [0.25, 0.3) is 11.5 Å². The van der Waals surface area contributed by atoms with Gasteiger partial charge in [-0.05, 0) is 56.2 Å². The first-order valence-corrected chi connectivity index (χ1v) is 9.00. The molecule has 8 heteroatoms. The number of nitrogens with zero attached hydrogens (tertiary/aromatic N) is 3. The van der Waals surface area contributed by atoms with Crippen LogP contribution in [0.2, 0.25) is 0 Å². The zero-order chi connectivity index (χ0) is 19.6. The Morgan fingerprint density at radius 2 is 2.04 bits per heavy atom. The number of hydrogen-bond donors (Lipinski definition) is 2. The van der Waals surface area contributed by atoms with E-state index >= 15 is 0 Å². The lowest BCUT2D eigenvalue weighted by Gasteiger charge is -2.10. The van der Waals surface area contributed by atoms with Crippen LogP contribution in [0.4, 0.5) is 0 Å². The van der Waals surface area contributed by atoms with Crippen LogP contribution < -0.4 is 11.0 Å². The summed E-state index contributed by atoms with van der Waals surface area (Å²) in [7, 11) is 0. The number of aromatic nitrogens is 3. The monoisotopic (exact) mass is 427 g/mol. The zero-order valence-electron chi connectivity index (χ0n) is 15.1. The van der Waals surface area contributed by atoms with E-state index in [1.54, 1.807) is 25.3 Å². The van der Waals surface area contributed by atoms with Gasteiger partial charge in [0.05, 0.1) is 23.0 Å². The van der Waals surface area contributed by atoms with Gasteiger partial charge in [-0.25, -0.2) is 10.1 Å². The highest BCUT2D eigenvalue weighted by atomic mass is 79.9. The highest BCUT2D eigenvalue weighted by Gasteiger charge is 2.14. The maximum atomic E-state index is 12.8. The number of hydrogen-bond acceptors (Lipinski definition) is 4. The summed E-state index contributed by atoms with van der Waals surface area (Å²) in [5, 5.41) is 6.97. The molecular weight excluding hydrogens is 410 g/mol. The number of aromatic amines is 1. The van der Waals surface area contributed by atoms with Crippen LogP contribution in [-0.2, 0) is 0 Å². The lowest BCUT2D eigenvalue weighted by Crippen LogP contribution is -2.20. The van der Waals surface area contributed by atoms with Crippen molar-refractivity contribution in [1.82, 2.24) is 20.2 Å². The summed E-state index contributed by atoms with van der Waals surface area (Å²) in [5.41, 5.74) is 6.39. The van der Waals surface area contributed by atoms with E-state index in [4.69, 9.17) is 0 Å². The second-order valence-electron chi connectivity index (χ2n) is 6.05. The maximum absolute atomic E-state index is 12.8. The Morgan fingerprint density at radius 1 is 1.26 bits per heavy atom. The molecule has 2 N–H and O–H groups in total. The van der Waals surface area contributed by atoms with Gasteiger partial charge < -0.3 is 0 Å². The molecule has 3 rings (SSSR count). The average molecular weight is 428 g/mol. The molecule has 7 nitrogen and oxygen atoms in total. The predicted octanol–water partition coefficient (Wildman–Crippen LogP) is 3.01. The second kappa shape index (κ2) is 7.71. The first kappa shape index (κ1) is 18.8. The van der Waals surface area contributed by atoms with Gasteiger partial charge in [0.1, 0.15) is 0 Å². The number of aryl methyl sites for hydroxylation is 1. The number of carbonyl (C=O) groups is 1. The standard InChI is InChI=1S/C19H18BrN5O2/c1-11-12(2)17(7-6-16(11)20)25-19(27)15(13(3)24-25)10-22-23-18(26)14-5-4-8-21-9-14/h4-10,24H,1-3H3,(H,23,26)/b22-10+. The van der Waals surface area contributed by atoms with E-state index in [1.165, 1.54) is 17.1 Å². The van der Waals surface area contributed by atoms with Crippen molar-refractivity contribution < 1.29 is 4.79 Å². The molecule has 0 radical (unpaired) electrons. The molecule has 0 atom stereocenters. The molecule has 3 aromatic rings. The fourth-order valence-electron chi connectivity index (χ4n) is 2.61. The molecule has 0 saturated carbocycles. The van der Waals surface area contributed by atoms with Gasteiger partial charge in [0, 0.05) is 22.6 Å². The molecule has 0 unspecified atom stereocenters. The first-order chi connectivity index (χ1) is 12.9. The predicted molar refractivity (Wildman–Crippen MR) is 108 cm³/mol. The Kier molecular flexibility index (Phi) is 5.36. The Bertz CT molecular complexity index is 1080. The first-order valence-electron chi connectivity index (χ1n) is 8.21. The molecule has 0 fully saturated rings. The van der Waals surface area contributed by atoms with Crippen LogP contribution in [0.3, 0.4) is 0 Å². The Balaban J connectivity index is 1.88. The number of H-pyrrole nitrogens is 1. The zero-order valence-corrected chi connectivity index (χ0v) is 16.7. The Morgan fingerprint density at radius 3 is 2.74 bits per heavy atom. The third-order valence-electron chi connectivity index (χ3n) is 4.33. The smallest absolute Gasteiger partial charge is 0.280 e. The molecule has 0 aliphatic heterocycles. The van der Waals surface area contributed by atoms with Crippen molar-refractivity contribution in [3.05, 3.63) is 79.4 Å². The minimum atomic E-state index is -0.396. The van der Waals surface area contributed by atoms with Crippen molar-refractivity contribution in [2.24, 2.45) is 5.10 Å². The van der Waals surface area contributed by atoms with E-state index in [-0.39, 0.29) is 5.56 Å². The average Bonchev–Trinajstić information content (AvgIpc) is 2.95. The van der Waals surface area contributed by atoms with E-state index in [9.17, 15) is 9.59 Å². The number of benzene rings is 1. The van der Waals surface area contributed by atoms with E-state index in [2.05, 4.69) is 36.5 Å². The van der Waals surface area contributed by atoms with Gasteiger partial charge in [-0.1, -0.05) is 15.9 Å². The van der Waals surface area contributed by atoms with E-state index in [1.807, 2.05) is 26.0 Å². The molecule has 2 heterocycles. The minimum absolute atomic E-state index is 0.239. The maximum Gasteiger partial charge on any atom is 0.280 e.